The first-order chi connectivity index (χ1) is 18.3. The lowest BCUT2D eigenvalue weighted by molar-refractivity contribution is -0.141. The smallest absolute Gasteiger partial charge is 0.265 e. The predicted octanol–water partition coefficient (Wildman–Crippen LogP) is 5.26. The lowest BCUT2D eigenvalue weighted by Gasteiger charge is -2.30. The van der Waals surface area contributed by atoms with Gasteiger partial charge in [-0.15, -0.1) is 0 Å². The molecule has 0 unspecified atom stereocenters. The van der Waals surface area contributed by atoms with E-state index in [-0.39, 0.29) is 37.4 Å². The van der Waals surface area contributed by atoms with Crippen LogP contribution in [0.25, 0.3) is 10.8 Å². The summed E-state index contributed by atoms with van der Waals surface area (Å²) in [5, 5.41) is 5.25. The van der Waals surface area contributed by atoms with Crippen LogP contribution >= 0.6 is 11.6 Å². The second-order valence-corrected chi connectivity index (χ2v) is 12.4. The molecule has 1 fully saturated rings. The molecule has 200 valence electrons. The van der Waals surface area contributed by atoms with Gasteiger partial charge >= 0.3 is 0 Å². The summed E-state index contributed by atoms with van der Waals surface area (Å²) in [6, 6.07) is 17.6. The molecule has 5 rings (SSSR count). The van der Waals surface area contributed by atoms with Gasteiger partial charge < -0.3 is 10.2 Å². The second-order valence-electron chi connectivity index (χ2n) is 10.1. The normalized spacial score (nSPS) is 17.1. The first-order valence-electron chi connectivity index (χ1n) is 13.1. The van der Waals surface area contributed by atoms with Crippen LogP contribution < -0.4 is 9.62 Å². The van der Waals surface area contributed by atoms with E-state index in [9.17, 15) is 18.0 Å². The quantitative estimate of drug-likeness (QED) is 0.392. The maximum Gasteiger partial charge on any atom is 0.265 e. The molecule has 1 N–H and O–H groups in total. The number of carbonyl (C=O) groups excluding carboxylic acids is 2. The topological polar surface area (TPSA) is 86.8 Å². The number of anilines is 1. The summed E-state index contributed by atoms with van der Waals surface area (Å²) in [6.07, 6.45) is 4.55. The van der Waals surface area contributed by atoms with E-state index >= 15 is 0 Å². The fraction of sp³-hybridized carbons (Fsp3) is 0.379. The van der Waals surface area contributed by atoms with E-state index in [0.29, 0.717) is 22.0 Å². The number of rotatable bonds is 9. The molecule has 1 atom stereocenters. The zero-order valence-electron chi connectivity index (χ0n) is 21.4. The summed E-state index contributed by atoms with van der Waals surface area (Å²) < 4.78 is 27.9. The number of sulfonamides is 1. The van der Waals surface area contributed by atoms with Crippen molar-refractivity contribution >= 4 is 49.9 Å². The highest BCUT2D eigenvalue weighted by Crippen LogP contribution is 2.42. The van der Waals surface area contributed by atoms with Crippen LogP contribution in [0.1, 0.15) is 51.0 Å². The number of benzene rings is 3. The number of nitrogens with zero attached hydrogens (tertiary/aromatic N) is 2. The lowest BCUT2D eigenvalue weighted by atomic mass is 10.1. The van der Waals surface area contributed by atoms with Crippen molar-refractivity contribution in [2.75, 3.05) is 10.8 Å². The Morgan fingerprint density at radius 2 is 1.79 bits per heavy atom. The second kappa shape index (κ2) is 10.9. The molecule has 1 heterocycles. The van der Waals surface area contributed by atoms with Crippen LogP contribution in [0.2, 0.25) is 5.02 Å². The van der Waals surface area contributed by atoms with Crippen molar-refractivity contribution in [1.29, 1.82) is 0 Å². The Kier molecular flexibility index (Phi) is 7.63. The molecule has 3 aromatic carbocycles. The standard InChI is InChI=1S/C29H32ClN3O4S/c1-20(29(35)31-24-12-2-3-13-24)32(19-21-8-4-11-23(30)18-21)27(34)16-7-17-33-25-14-5-9-22-10-6-15-26(28(22)25)38(33,36)37/h4-6,8-11,14-15,18,20,24H,2-3,7,12-13,16-17,19H2,1H3,(H,31,35)/t20-/m1/s1. The van der Waals surface area contributed by atoms with Gasteiger partial charge in [-0.2, -0.15) is 0 Å². The maximum absolute atomic E-state index is 13.5. The maximum atomic E-state index is 13.5. The summed E-state index contributed by atoms with van der Waals surface area (Å²) in [6.45, 7) is 2.16. The largest absolute Gasteiger partial charge is 0.352 e. The van der Waals surface area contributed by atoms with Gasteiger partial charge in [0.15, 0.2) is 0 Å². The van der Waals surface area contributed by atoms with E-state index in [1.165, 1.54) is 4.31 Å². The molecule has 9 heteroatoms. The highest BCUT2D eigenvalue weighted by atomic mass is 35.5. The van der Waals surface area contributed by atoms with Crippen molar-refractivity contribution in [3.8, 4) is 0 Å². The molecule has 0 saturated heterocycles. The molecule has 2 aliphatic rings. The van der Waals surface area contributed by atoms with Crippen molar-refractivity contribution in [1.82, 2.24) is 10.2 Å². The predicted molar refractivity (Wildman–Crippen MR) is 150 cm³/mol. The minimum atomic E-state index is -3.68. The Hall–Kier alpha value is -3.10. The van der Waals surface area contributed by atoms with Crippen LogP contribution in [0, 0.1) is 0 Å². The van der Waals surface area contributed by atoms with Crippen molar-refractivity contribution in [2.24, 2.45) is 0 Å². The zero-order valence-corrected chi connectivity index (χ0v) is 23.0. The average molecular weight is 554 g/mol. The van der Waals surface area contributed by atoms with Gasteiger partial charge in [0, 0.05) is 36.0 Å². The van der Waals surface area contributed by atoms with Crippen molar-refractivity contribution in [3.63, 3.8) is 0 Å². The highest BCUT2D eigenvalue weighted by Gasteiger charge is 2.35. The van der Waals surface area contributed by atoms with Gasteiger partial charge in [-0.05, 0) is 61.4 Å². The van der Waals surface area contributed by atoms with Gasteiger partial charge in [0.1, 0.15) is 6.04 Å². The van der Waals surface area contributed by atoms with Crippen LogP contribution in [0.15, 0.2) is 65.6 Å². The number of halogens is 1. The number of carbonyl (C=O) groups is 2. The monoisotopic (exact) mass is 553 g/mol. The van der Waals surface area contributed by atoms with Crippen molar-refractivity contribution in [3.05, 3.63) is 71.2 Å². The fourth-order valence-corrected chi connectivity index (χ4v) is 7.48. The first-order valence-corrected chi connectivity index (χ1v) is 15.0. The summed E-state index contributed by atoms with van der Waals surface area (Å²) in [7, 11) is -3.68. The van der Waals surface area contributed by atoms with E-state index in [4.69, 9.17) is 11.6 Å². The minimum Gasteiger partial charge on any atom is -0.352 e. The van der Waals surface area contributed by atoms with E-state index in [1.54, 1.807) is 42.2 Å². The molecule has 3 aromatic rings. The Morgan fingerprint density at radius 1 is 1.08 bits per heavy atom. The van der Waals surface area contributed by atoms with Crippen LogP contribution in [0.4, 0.5) is 5.69 Å². The Bertz CT molecular complexity index is 1460. The summed E-state index contributed by atoms with van der Waals surface area (Å²) in [5.41, 5.74) is 1.47. The van der Waals surface area contributed by atoms with E-state index in [0.717, 1.165) is 42.0 Å². The van der Waals surface area contributed by atoms with Crippen molar-refractivity contribution < 1.29 is 18.0 Å². The number of nitrogens with one attached hydrogen (secondary N) is 1. The van der Waals surface area contributed by atoms with Gasteiger partial charge in [0.05, 0.1) is 10.6 Å². The van der Waals surface area contributed by atoms with Crippen LogP contribution in [-0.4, -0.2) is 43.8 Å². The van der Waals surface area contributed by atoms with Gasteiger partial charge in [-0.25, -0.2) is 8.42 Å². The molecule has 1 aliphatic carbocycles. The average Bonchev–Trinajstić information content (AvgIpc) is 3.48. The molecule has 7 nitrogen and oxygen atoms in total. The van der Waals surface area contributed by atoms with Crippen molar-refractivity contribution in [2.45, 2.75) is 69.0 Å². The first kappa shape index (κ1) is 26.5. The van der Waals surface area contributed by atoms with Crippen LogP contribution in [0.3, 0.4) is 0 Å². The number of hydrogen-bond donors (Lipinski definition) is 1. The molecule has 0 spiro atoms. The summed E-state index contributed by atoms with van der Waals surface area (Å²) in [4.78, 5) is 28.5. The van der Waals surface area contributed by atoms with E-state index in [1.807, 2.05) is 30.3 Å². The Labute approximate surface area is 228 Å². The molecule has 0 aromatic heterocycles. The van der Waals surface area contributed by atoms with Gasteiger partial charge in [0.2, 0.25) is 11.8 Å². The number of hydrogen-bond acceptors (Lipinski definition) is 4. The molecule has 38 heavy (non-hydrogen) atoms. The molecule has 1 saturated carbocycles. The summed E-state index contributed by atoms with van der Waals surface area (Å²) in [5.74, 6) is -0.372. The summed E-state index contributed by atoms with van der Waals surface area (Å²) >= 11 is 6.17. The zero-order chi connectivity index (χ0) is 26.9. The molecule has 0 radical (unpaired) electrons. The SMILES string of the molecule is C[C@H](C(=O)NC1CCCC1)N(Cc1cccc(Cl)c1)C(=O)CCCN1c2cccc3cccc(c23)S1(=O)=O. The molecule has 1 aliphatic heterocycles. The molecular weight excluding hydrogens is 522 g/mol. The fourth-order valence-electron chi connectivity index (χ4n) is 5.52. The number of amides is 2. The molecular formula is C29H32ClN3O4S. The van der Waals surface area contributed by atoms with Gasteiger partial charge in [-0.1, -0.05) is 60.8 Å². The Balaban J connectivity index is 1.30. The minimum absolute atomic E-state index is 0.111. The van der Waals surface area contributed by atoms with Gasteiger partial charge in [0.25, 0.3) is 10.0 Å². The lowest BCUT2D eigenvalue weighted by Crippen LogP contribution is -2.49. The van der Waals surface area contributed by atoms with Crippen LogP contribution in [0.5, 0.6) is 0 Å². The van der Waals surface area contributed by atoms with Crippen LogP contribution in [-0.2, 0) is 26.2 Å². The molecule has 0 bridgehead atoms. The van der Waals surface area contributed by atoms with Gasteiger partial charge in [-0.3, -0.25) is 13.9 Å². The highest BCUT2D eigenvalue weighted by molar-refractivity contribution is 7.93. The third-order valence-electron chi connectivity index (χ3n) is 7.54. The molecule has 2 amide bonds. The Morgan fingerprint density at radius 3 is 2.53 bits per heavy atom. The van der Waals surface area contributed by atoms with E-state index < -0.39 is 16.1 Å². The third-order valence-corrected chi connectivity index (χ3v) is 9.63. The van der Waals surface area contributed by atoms with E-state index in [2.05, 4.69) is 5.32 Å². The third kappa shape index (κ3) is 5.24.